The van der Waals surface area contributed by atoms with Crippen LogP contribution < -0.4 is 19.9 Å². The Morgan fingerprint density at radius 2 is 1.79 bits per heavy atom. The molecular formula is C21H32N4O2S+2. The molecule has 0 aliphatic carbocycles. The molecule has 3 N–H and O–H groups in total. The summed E-state index contributed by atoms with van der Waals surface area (Å²) in [6, 6.07) is 8.04. The summed E-state index contributed by atoms with van der Waals surface area (Å²) in [5, 5.41) is 6.37. The maximum atomic E-state index is 12.1. The fourth-order valence-electron chi connectivity index (χ4n) is 3.50. The molecule has 1 aromatic heterocycles. The molecule has 1 fully saturated rings. The Bertz CT molecular complexity index is 774. The van der Waals surface area contributed by atoms with Crippen LogP contribution in [-0.4, -0.2) is 56.3 Å². The van der Waals surface area contributed by atoms with Crippen molar-refractivity contribution < 1.29 is 19.3 Å². The van der Waals surface area contributed by atoms with Crippen LogP contribution in [0, 0.1) is 0 Å². The number of hydrogen-bond donors (Lipinski definition) is 3. The van der Waals surface area contributed by atoms with E-state index >= 15 is 0 Å². The topological polar surface area (TPSA) is 60.1 Å². The van der Waals surface area contributed by atoms with E-state index < -0.39 is 0 Å². The summed E-state index contributed by atoms with van der Waals surface area (Å²) in [6.07, 6.45) is 0. The van der Waals surface area contributed by atoms with Crippen LogP contribution in [0.15, 0.2) is 29.6 Å². The number of carbonyl (C=O) groups excluding carboxylic acids is 1. The summed E-state index contributed by atoms with van der Waals surface area (Å²) >= 11 is 1.73. The third-order valence-electron chi connectivity index (χ3n) is 4.93. The lowest BCUT2D eigenvalue weighted by Crippen LogP contribution is -3.28. The number of ether oxygens (including phenoxy) is 1. The molecule has 0 radical (unpaired) electrons. The van der Waals surface area contributed by atoms with Gasteiger partial charge in [-0.15, -0.1) is 11.3 Å². The largest absolute Gasteiger partial charge is 0.497 e. The van der Waals surface area contributed by atoms with Gasteiger partial charge in [-0.3, -0.25) is 4.79 Å². The molecule has 2 heterocycles. The first-order valence-electron chi connectivity index (χ1n) is 9.89. The number of quaternary nitrogens is 2. The van der Waals surface area contributed by atoms with Gasteiger partial charge in [0.15, 0.2) is 6.54 Å². The Labute approximate surface area is 171 Å². The van der Waals surface area contributed by atoms with Crippen molar-refractivity contribution in [2.24, 2.45) is 0 Å². The van der Waals surface area contributed by atoms with Gasteiger partial charge in [0.05, 0.1) is 12.8 Å². The second kappa shape index (κ2) is 9.03. The normalized spacial score (nSPS) is 20.0. The SMILES string of the molecule is COc1ccc(-c2csc(C[NH+]3CC[NH+](CC(=O)NC(C)(C)C)CC3)n2)cc1. The molecule has 0 atom stereocenters. The summed E-state index contributed by atoms with van der Waals surface area (Å²) in [5.41, 5.74) is 2.00. The molecular weight excluding hydrogens is 372 g/mol. The number of hydrogen-bond acceptors (Lipinski definition) is 4. The average molecular weight is 405 g/mol. The van der Waals surface area contributed by atoms with E-state index in [0.29, 0.717) is 6.54 Å². The highest BCUT2D eigenvalue weighted by molar-refractivity contribution is 7.09. The predicted octanol–water partition coefficient (Wildman–Crippen LogP) is 0.0168. The molecule has 1 aliphatic heterocycles. The molecule has 1 amide bonds. The number of thiazole rings is 1. The number of rotatable bonds is 6. The first-order valence-corrected chi connectivity index (χ1v) is 10.8. The highest BCUT2D eigenvalue weighted by Crippen LogP contribution is 2.23. The van der Waals surface area contributed by atoms with Crippen molar-refractivity contribution in [1.29, 1.82) is 0 Å². The zero-order valence-electron chi connectivity index (χ0n) is 17.3. The van der Waals surface area contributed by atoms with E-state index in [0.717, 1.165) is 49.7 Å². The lowest BCUT2D eigenvalue weighted by Gasteiger charge is -2.29. The molecule has 152 valence electrons. The summed E-state index contributed by atoms with van der Waals surface area (Å²) in [4.78, 5) is 19.9. The molecule has 7 heteroatoms. The van der Waals surface area contributed by atoms with Crippen LogP contribution in [-0.2, 0) is 11.3 Å². The van der Waals surface area contributed by atoms with Gasteiger partial charge in [0, 0.05) is 16.5 Å². The summed E-state index contributed by atoms with van der Waals surface area (Å²) in [7, 11) is 1.68. The second-order valence-electron chi connectivity index (χ2n) is 8.51. The van der Waals surface area contributed by atoms with Crippen LogP contribution in [0.3, 0.4) is 0 Å². The van der Waals surface area contributed by atoms with Gasteiger partial charge in [-0.25, -0.2) is 4.98 Å². The third kappa shape index (κ3) is 6.02. The molecule has 0 bridgehead atoms. The minimum absolute atomic E-state index is 0.148. The fourth-order valence-corrected chi connectivity index (χ4v) is 4.38. The Balaban J connectivity index is 1.47. The van der Waals surface area contributed by atoms with Crippen molar-refractivity contribution in [3.8, 4) is 17.0 Å². The van der Waals surface area contributed by atoms with Crippen LogP contribution in [0.4, 0.5) is 0 Å². The highest BCUT2D eigenvalue weighted by Gasteiger charge is 2.26. The van der Waals surface area contributed by atoms with Crippen LogP contribution in [0.2, 0.25) is 0 Å². The number of nitrogens with zero attached hydrogens (tertiary/aromatic N) is 1. The molecule has 0 unspecified atom stereocenters. The van der Waals surface area contributed by atoms with E-state index in [2.05, 4.69) is 22.8 Å². The monoisotopic (exact) mass is 404 g/mol. The molecule has 0 spiro atoms. The zero-order valence-corrected chi connectivity index (χ0v) is 18.1. The lowest BCUT2D eigenvalue weighted by molar-refractivity contribution is -1.02. The van der Waals surface area contributed by atoms with Crippen molar-refractivity contribution in [3.63, 3.8) is 0 Å². The van der Waals surface area contributed by atoms with Crippen molar-refractivity contribution in [1.82, 2.24) is 10.3 Å². The maximum Gasteiger partial charge on any atom is 0.275 e. The number of nitrogens with one attached hydrogen (secondary N) is 3. The summed E-state index contributed by atoms with van der Waals surface area (Å²) in [5.74, 6) is 1.01. The molecule has 1 saturated heterocycles. The number of aromatic nitrogens is 1. The minimum Gasteiger partial charge on any atom is -0.497 e. The van der Waals surface area contributed by atoms with Crippen LogP contribution in [0.5, 0.6) is 5.75 Å². The molecule has 1 aliphatic rings. The van der Waals surface area contributed by atoms with Gasteiger partial charge >= 0.3 is 0 Å². The van der Waals surface area contributed by atoms with Crippen molar-refractivity contribution in [3.05, 3.63) is 34.7 Å². The number of piperazine rings is 1. The number of amides is 1. The van der Waals surface area contributed by atoms with Crippen molar-refractivity contribution >= 4 is 17.2 Å². The highest BCUT2D eigenvalue weighted by atomic mass is 32.1. The van der Waals surface area contributed by atoms with Gasteiger partial charge in [-0.05, 0) is 45.0 Å². The first-order chi connectivity index (χ1) is 13.3. The van der Waals surface area contributed by atoms with E-state index in [-0.39, 0.29) is 11.4 Å². The van der Waals surface area contributed by atoms with Gasteiger partial charge < -0.3 is 19.9 Å². The Hall–Kier alpha value is -1.96. The molecule has 6 nitrogen and oxygen atoms in total. The van der Waals surface area contributed by atoms with E-state index in [4.69, 9.17) is 9.72 Å². The molecule has 1 aromatic carbocycles. The quantitative estimate of drug-likeness (QED) is 0.636. The van der Waals surface area contributed by atoms with Gasteiger partial charge in [0.1, 0.15) is 43.5 Å². The van der Waals surface area contributed by atoms with E-state index in [1.165, 1.54) is 9.91 Å². The predicted molar refractivity (Wildman–Crippen MR) is 112 cm³/mol. The second-order valence-corrected chi connectivity index (χ2v) is 9.45. The number of carbonyl (C=O) groups is 1. The molecule has 3 rings (SSSR count). The number of methoxy groups -OCH3 is 1. The van der Waals surface area contributed by atoms with E-state index in [1.54, 1.807) is 23.3 Å². The first kappa shape index (κ1) is 20.8. The van der Waals surface area contributed by atoms with Gasteiger partial charge in [0.2, 0.25) is 0 Å². The Morgan fingerprint density at radius 1 is 1.14 bits per heavy atom. The average Bonchev–Trinajstić information content (AvgIpc) is 3.10. The van der Waals surface area contributed by atoms with Crippen LogP contribution in [0.25, 0.3) is 11.3 Å². The maximum absolute atomic E-state index is 12.1. The Morgan fingerprint density at radius 3 is 2.39 bits per heavy atom. The van der Waals surface area contributed by atoms with Gasteiger partial charge in [-0.2, -0.15) is 0 Å². The summed E-state index contributed by atoms with van der Waals surface area (Å²) in [6.45, 7) is 11.8. The standard InChI is InChI=1S/C21H30N4O2S/c1-21(2,3)23-19(26)13-24-9-11-25(12-10-24)14-20-22-18(15-28-20)16-5-7-17(27-4)8-6-16/h5-8,15H,9-14H2,1-4H3,(H,23,26)/p+2. The van der Waals surface area contributed by atoms with E-state index in [9.17, 15) is 4.79 Å². The van der Waals surface area contributed by atoms with Crippen LogP contribution >= 0.6 is 11.3 Å². The van der Waals surface area contributed by atoms with Crippen molar-refractivity contribution in [2.45, 2.75) is 32.9 Å². The number of benzene rings is 1. The van der Waals surface area contributed by atoms with E-state index in [1.807, 2.05) is 32.9 Å². The minimum atomic E-state index is -0.157. The molecule has 0 saturated carbocycles. The molecule has 28 heavy (non-hydrogen) atoms. The van der Waals surface area contributed by atoms with Crippen molar-refractivity contribution in [2.75, 3.05) is 39.8 Å². The lowest BCUT2D eigenvalue weighted by atomic mass is 10.1. The smallest absolute Gasteiger partial charge is 0.275 e. The molecule has 2 aromatic rings. The van der Waals surface area contributed by atoms with Gasteiger partial charge in [-0.1, -0.05) is 0 Å². The Kier molecular flexibility index (Phi) is 6.69. The third-order valence-corrected chi connectivity index (χ3v) is 5.78. The van der Waals surface area contributed by atoms with Crippen LogP contribution in [0.1, 0.15) is 25.8 Å². The fraction of sp³-hybridized carbons (Fsp3) is 0.524. The summed E-state index contributed by atoms with van der Waals surface area (Å²) < 4.78 is 5.22. The zero-order chi connectivity index (χ0) is 20.1. The van der Waals surface area contributed by atoms with Gasteiger partial charge in [0.25, 0.3) is 5.91 Å².